The van der Waals surface area contributed by atoms with Crippen molar-refractivity contribution in [2.45, 2.75) is 31.7 Å². The number of benzene rings is 1. The fraction of sp³-hybridized carbons (Fsp3) is 0.533. The summed E-state index contributed by atoms with van der Waals surface area (Å²) in [6, 6.07) is 8.54. The van der Waals surface area contributed by atoms with Crippen LogP contribution in [-0.4, -0.2) is 52.9 Å². The molecule has 1 fully saturated rings. The fourth-order valence-corrected chi connectivity index (χ4v) is 2.73. The zero-order valence-corrected chi connectivity index (χ0v) is 11.8. The number of nitrogens with zero attached hydrogens (tertiary/aromatic N) is 1. The van der Waals surface area contributed by atoms with Gasteiger partial charge in [0.25, 0.3) is 0 Å². The SMILES string of the molecule is CC1CN(CC(O)(C(=O)O)c2ccccc2)CC(C)O1. The Morgan fingerprint density at radius 1 is 1.30 bits per heavy atom. The van der Waals surface area contributed by atoms with Gasteiger partial charge in [-0.25, -0.2) is 4.79 Å². The average molecular weight is 279 g/mol. The molecule has 0 saturated carbocycles. The molecule has 1 heterocycles. The Kier molecular flexibility index (Phi) is 4.42. The molecule has 0 aromatic heterocycles. The van der Waals surface area contributed by atoms with Crippen molar-refractivity contribution < 1.29 is 19.7 Å². The van der Waals surface area contributed by atoms with Gasteiger partial charge < -0.3 is 14.9 Å². The molecule has 0 aliphatic carbocycles. The lowest BCUT2D eigenvalue weighted by molar-refractivity contribution is -0.165. The van der Waals surface area contributed by atoms with E-state index in [9.17, 15) is 15.0 Å². The number of hydrogen-bond acceptors (Lipinski definition) is 4. The van der Waals surface area contributed by atoms with Crippen molar-refractivity contribution in [3.05, 3.63) is 35.9 Å². The van der Waals surface area contributed by atoms with Crippen LogP contribution >= 0.6 is 0 Å². The molecule has 5 heteroatoms. The van der Waals surface area contributed by atoms with Gasteiger partial charge in [-0.05, 0) is 19.4 Å². The monoisotopic (exact) mass is 279 g/mol. The smallest absolute Gasteiger partial charge is 0.341 e. The van der Waals surface area contributed by atoms with Crippen molar-refractivity contribution in [1.29, 1.82) is 0 Å². The van der Waals surface area contributed by atoms with Crippen LogP contribution in [-0.2, 0) is 15.1 Å². The molecule has 3 unspecified atom stereocenters. The molecule has 5 nitrogen and oxygen atoms in total. The van der Waals surface area contributed by atoms with Crippen LogP contribution in [0.1, 0.15) is 19.4 Å². The van der Waals surface area contributed by atoms with Gasteiger partial charge in [0.15, 0.2) is 5.60 Å². The predicted octanol–water partition coefficient (Wildman–Crippen LogP) is 1.07. The fourth-order valence-electron chi connectivity index (χ4n) is 2.73. The van der Waals surface area contributed by atoms with Crippen LogP contribution in [0.25, 0.3) is 0 Å². The topological polar surface area (TPSA) is 70.0 Å². The van der Waals surface area contributed by atoms with E-state index in [1.165, 1.54) is 0 Å². The molecular weight excluding hydrogens is 258 g/mol. The minimum absolute atomic E-state index is 0.0348. The molecule has 1 saturated heterocycles. The number of hydrogen-bond donors (Lipinski definition) is 2. The van der Waals surface area contributed by atoms with Gasteiger partial charge in [0.05, 0.1) is 12.2 Å². The molecule has 2 rings (SSSR count). The lowest BCUT2D eigenvalue weighted by Gasteiger charge is -2.38. The summed E-state index contributed by atoms with van der Waals surface area (Å²) in [4.78, 5) is 13.5. The first-order valence-corrected chi connectivity index (χ1v) is 6.81. The zero-order valence-electron chi connectivity index (χ0n) is 11.8. The van der Waals surface area contributed by atoms with Gasteiger partial charge in [-0.1, -0.05) is 30.3 Å². The van der Waals surface area contributed by atoms with Crippen LogP contribution < -0.4 is 0 Å². The standard InChI is InChI=1S/C15H21NO4/c1-11-8-16(9-12(2)20-11)10-15(19,14(17)18)13-6-4-3-5-7-13/h3-7,11-12,19H,8-10H2,1-2H3,(H,17,18). The minimum Gasteiger partial charge on any atom is -0.479 e. The van der Waals surface area contributed by atoms with E-state index in [1.807, 2.05) is 18.7 Å². The summed E-state index contributed by atoms with van der Waals surface area (Å²) >= 11 is 0. The van der Waals surface area contributed by atoms with Crippen molar-refractivity contribution in [3.63, 3.8) is 0 Å². The van der Waals surface area contributed by atoms with Crippen molar-refractivity contribution >= 4 is 5.97 Å². The predicted molar refractivity (Wildman–Crippen MR) is 74.4 cm³/mol. The highest BCUT2D eigenvalue weighted by Gasteiger charge is 2.41. The number of aliphatic carboxylic acids is 1. The van der Waals surface area contributed by atoms with Crippen LogP contribution in [0.4, 0.5) is 0 Å². The van der Waals surface area contributed by atoms with E-state index in [2.05, 4.69) is 0 Å². The second kappa shape index (κ2) is 5.91. The van der Waals surface area contributed by atoms with Crippen LogP contribution in [0.2, 0.25) is 0 Å². The molecule has 0 radical (unpaired) electrons. The highest BCUT2D eigenvalue weighted by Crippen LogP contribution is 2.24. The number of carboxylic acids is 1. The molecule has 0 bridgehead atoms. The summed E-state index contributed by atoms with van der Waals surface area (Å²) in [7, 11) is 0. The summed E-state index contributed by atoms with van der Waals surface area (Å²) in [5.74, 6) is -1.23. The lowest BCUT2D eigenvalue weighted by Crippen LogP contribution is -2.53. The summed E-state index contributed by atoms with van der Waals surface area (Å²) in [6.45, 7) is 5.19. The second-order valence-electron chi connectivity index (χ2n) is 5.48. The first kappa shape index (κ1) is 15.0. The highest BCUT2D eigenvalue weighted by atomic mass is 16.5. The largest absolute Gasteiger partial charge is 0.479 e. The molecule has 1 aliphatic heterocycles. The maximum absolute atomic E-state index is 11.6. The van der Waals surface area contributed by atoms with Crippen molar-refractivity contribution in [3.8, 4) is 0 Å². The summed E-state index contributed by atoms with van der Waals surface area (Å²) in [6.07, 6.45) is 0.0696. The van der Waals surface area contributed by atoms with Crippen molar-refractivity contribution in [2.75, 3.05) is 19.6 Å². The van der Waals surface area contributed by atoms with E-state index >= 15 is 0 Å². The Hall–Kier alpha value is -1.43. The molecule has 1 aliphatic rings. The Morgan fingerprint density at radius 3 is 2.35 bits per heavy atom. The minimum atomic E-state index is -1.89. The maximum Gasteiger partial charge on any atom is 0.341 e. The van der Waals surface area contributed by atoms with E-state index in [-0.39, 0.29) is 18.8 Å². The molecule has 1 aromatic carbocycles. The van der Waals surface area contributed by atoms with Gasteiger partial charge in [0.2, 0.25) is 0 Å². The van der Waals surface area contributed by atoms with Crippen LogP contribution in [0, 0.1) is 0 Å². The Morgan fingerprint density at radius 2 is 1.85 bits per heavy atom. The summed E-state index contributed by atoms with van der Waals surface area (Å²) < 4.78 is 5.63. The van der Waals surface area contributed by atoms with Crippen LogP contribution in [0.15, 0.2) is 30.3 Å². The number of β-amino-alcohol motifs (C(OH)–C–C–N with tert-alkyl or cyclic N) is 1. The van der Waals surface area contributed by atoms with E-state index < -0.39 is 11.6 Å². The highest BCUT2D eigenvalue weighted by molar-refractivity contribution is 5.79. The van der Waals surface area contributed by atoms with Gasteiger partial charge >= 0.3 is 5.97 Å². The lowest BCUT2D eigenvalue weighted by atomic mass is 9.93. The molecule has 3 atom stereocenters. The first-order valence-electron chi connectivity index (χ1n) is 6.81. The number of morpholine rings is 1. The maximum atomic E-state index is 11.6. The molecule has 0 amide bonds. The van der Waals surface area contributed by atoms with Crippen LogP contribution in [0.3, 0.4) is 0 Å². The quantitative estimate of drug-likeness (QED) is 0.862. The van der Waals surface area contributed by atoms with E-state index in [0.29, 0.717) is 18.7 Å². The third-order valence-corrected chi connectivity index (χ3v) is 3.55. The van der Waals surface area contributed by atoms with Crippen LogP contribution in [0.5, 0.6) is 0 Å². The molecule has 1 aromatic rings. The Bertz CT molecular complexity index is 454. The molecule has 0 spiro atoms. The van der Waals surface area contributed by atoms with Crippen molar-refractivity contribution in [2.24, 2.45) is 0 Å². The zero-order chi connectivity index (χ0) is 14.8. The number of carboxylic acid groups (broad SMARTS) is 1. The summed E-state index contributed by atoms with van der Waals surface area (Å²) in [5.41, 5.74) is -1.49. The molecule has 110 valence electrons. The average Bonchev–Trinajstić information content (AvgIpc) is 2.38. The van der Waals surface area contributed by atoms with Gasteiger partial charge in [-0.2, -0.15) is 0 Å². The van der Waals surface area contributed by atoms with E-state index in [4.69, 9.17) is 4.74 Å². The molecular formula is C15H21NO4. The van der Waals surface area contributed by atoms with Gasteiger partial charge in [0, 0.05) is 19.6 Å². The second-order valence-corrected chi connectivity index (χ2v) is 5.48. The molecule has 20 heavy (non-hydrogen) atoms. The van der Waals surface area contributed by atoms with Crippen molar-refractivity contribution in [1.82, 2.24) is 4.90 Å². The van der Waals surface area contributed by atoms with Gasteiger partial charge in [-0.3, -0.25) is 4.90 Å². The number of ether oxygens (including phenoxy) is 1. The van der Waals surface area contributed by atoms with E-state index in [1.54, 1.807) is 30.3 Å². The van der Waals surface area contributed by atoms with E-state index in [0.717, 1.165) is 0 Å². The number of rotatable bonds is 4. The summed E-state index contributed by atoms with van der Waals surface area (Å²) in [5, 5.41) is 20.0. The van der Waals surface area contributed by atoms with Gasteiger partial charge in [-0.15, -0.1) is 0 Å². The number of carbonyl (C=O) groups is 1. The normalized spacial score (nSPS) is 26.9. The van der Waals surface area contributed by atoms with Gasteiger partial charge in [0.1, 0.15) is 0 Å². The molecule has 2 N–H and O–H groups in total. The Labute approximate surface area is 118 Å². The third-order valence-electron chi connectivity index (χ3n) is 3.55. The Balaban J connectivity index is 2.20. The first-order chi connectivity index (χ1) is 9.41. The number of aliphatic hydroxyl groups is 1. The third kappa shape index (κ3) is 3.17.